The van der Waals surface area contributed by atoms with Crippen LogP contribution < -0.4 is 5.32 Å². The summed E-state index contributed by atoms with van der Waals surface area (Å²) in [5, 5.41) is 7.48. The smallest absolute Gasteiger partial charge is 0.0638 e. The minimum Gasteiger partial charge on any atom is -0.312 e. The second-order valence-corrected chi connectivity index (χ2v) is 4.92. The molecule has 0 aliphatic rings. The zero-order valence-corrected chi connectivity index (χ0v) is 9.73. The lowest BCUT2D eigenvalue weighted by Crippen LogP contribution is -2.19. The van der Waals surface area contributed by atoms with E-state index in [1.807, 2.05) is 24.9 Å². The highest BCUT2D eigenvalue weighted by molar-refractivity contribution is 7.84. The monoisotopic (exact) mass is 215 g/mol. The van der Waals surface area contributed by atoms with Gasteiger partial charge in [-0.3, -0.25) is 8.89 Å². The van der Waals surface area contributed by atoms with Crippen molar-refractivity contribution in [3.63, 3.8) is 0 Å². The molecule has 0 aromatic carbocycles. The van der Waals surface area contributed by atoms with Crippen LogP contribution in [-0.2, 0) is 24.4 Å². The molecule has 1 N–H and O–H groups in total. The summed E-state index contributed by atoms with van der Waals surface area (Å²) in [5.41, 5.74) is 2.26. The number of nitrogens with one attached hydrogen (secondary N) is 1. The first kappa shape index (κ1) is 11.4. The van der Waals surface area contributed by atoms with Gasteiger partial charge in [0.1, 0.15) is 0 Å². The van der Waals surface area contributed by atoms with E-state index in [9.17, 15) is 4.21 Å². The van der Waals surface area contributed by atoms with Crippen LogP contribution in [0.3, 0.4) is 0 Å². The predicted octanol–water partition coefficient (Wildman–Crippen LogP) is 0.197. The highest BCUT2D eigenvalue weighted by Gasteiger charge is 2.01. The maximum Gasteiger partial charge on any atom is 0.0638 e. The third-order valence-corrected chi connectivity index (χ3v) is 2.78. The van der Waals surface area contributed by atoms with Crippen molar-refractivity contribution in [3.05, 3.63) is 17.5 Å². The molecular formula is C9H17N3OS. The summed E-state index contributed by atoms with van der Waals surface area (Å²) in [5.74, 6) is 0.708. The zero-order valence-electron chi connectivity index (χ0n) is 8.91. The Balaban J connectivity index is 2.31. The molecule has 0 aliphatic heterocycles. The molecular weight excluding hydrogens is 198 g/mol. The molecule has 0 bridgehead atoms. The lowest BCUT2D eigenvalue weighted by atomic mass is 10.3. The first-order chi connectivity index (χ1) is 6.59. The van der Waals surface area contributed by atoms with Gasteiger partial charge >= 0.3 is 0 Å². The molecule has 1 atom stereocenters. The van der Waals surface area contributed by atoms with Crippen molar-refractivity contribution in [1.82, 2.24) is 15.1 Å². The largest absolute Gasteiger partial charge is 0.312 e. The summed E-state index contributed by atoms with van der Waals surface area (Å²) in [6, 6.07) is 0. The van der Waals surface area contributed by atoms with Crippen LogP contribution in [0.5, 0.6) is 0 Å². The van der Waals surface area contributed by atoms with E-state index in [-0.39, 0.29) is 0 Å². The molecule has 1 aromatic heterocycles. The molecule has 0 amide bonds. The van der Waals surface area contributed by atoms with Crippen molar-refractivity contribution in [2.24, 2.45) is 7.05 Å². The van der Waals surface area contributed by atoms with Crippen LogP contribution >= 0.6 is 0 Å². The summed E-state index contributed by atoms with van der Waals surface area (Å²) in [7, 11) is 1.21. The molecule has 0 saturated heterocycles. The molecule has 1 unspecified atom stereocenters. The van der Waals surface area contributed by atoms with E-state index in [1.54, 1.807) is 6.26 Å². The molecule has 0 radical (unpaired) electrons. The Morgan fingerprint density at radius 2 is 2.36 bits per heavy atom. The van der Waals surface area contributed by atoms with Gasteiger partial charge in [-0.25, -0.2) is 0 Å². The third-order valence-electron chi connectivity index (χ3n) is 2.00. The molecule has 0 spiro atoms. The summed E-state index contributed by atoms with van der Waals surface area (Å²) >= 11 is 0. The zero-order chi connectivity index (χ0) is 10.6. The van der Waals surface area contributed by atoms with Crippen molar-refractivity contribution in [1.29, 1.82) is 0 Å². The summed E-state index contributed by atoms with van der Waals surface area (Å²) in [6.45, 7) is 3.59. The molecule has 0 saturated carbocycles. The Morgan fingerprint density at radius 1 is 1.64 bits per heavy atom. The van der Waals surface area contributed by atoms with Crippen LogP contribution in [0, 0.1) is 6.92 Å². The van der Waals surface area contributed by atoms with Gasteiger partial charge in [-0.15, -0.1) is 0 Å². The molecule has 0 aliphatic carbocycles. The second kappa shape index (κ2) is 5.26. The maximum absolute atomic E-state index is 10.8. The molecule has 1 rings (SSSR count). The van der Waals surface area contributed by atoms with E-state index in [1.165, 1.54) is 5.56 Å². The fraction of sp³-hybridized carbons (Fsp3) is 0.667. The van der Waals surface area contributed by atoms with Crippen LogP contribution in [-0.4, -0.2) is 32.5 Å². The average molecular weight is 215 g/mol. The third kappa shape index (κ3) is 3.59. The van der Waals surface area contributed by atoms with E-state index < -0.39 is 10.8 Å². The van der Waals surface area contributed by atoms with Gasteiger partial charge in [-0.05, 0) is 6.92 Å². The summed E-state index contributed by atoms with van der Waals surface area (Å²) in [6.07, 6.45) is 3.72. The topological polar surface area (TPSA) is 46.9 Å². The van der Waals surface area contributed by atoms with E-state index >= 15 is 0 Å². The maximum atomic E-state index is 10.8. The Morgan fingerprint density at radius 3 is 2.86 bits per heavy atom. The fourth-order valence-electron chi connectivity index (χ4n) is 1.26. The van der Waals surface area contributed by atoms with Crippen molar-refractivity contribution in [2.75, 3.05) is 18.6 Å². The van der Waals surface area contributed by atoms with Gasteiger partial charge in [0.25, 0.3) is 0 Å². The number of aromatic nitrogens is 2. The van der Waals surface area contributed by atoms with Gasteiger partial charge < -0.3 is 5.32 Å². The summed E-state index contributed by atoms with van der Waals surface area (Å²) in [4.78, 5) is 0. The number of rotatable bonds is 5. The van der Waals surface area contributed by atoms with E-state index in [4.69, 9.17) is 0 Å². The average Bonchev–Trinajstić information content (AvgIpc) is 2.39. The van der Waals surface area contributed by atoms with E-state index in [0.29, 0.717) is 5.75 Å². The number of hydrogen-bond acceptors (Lipinski definition) is 3. The predicted molar refractivity (Wildman–Crippen MR) is 58.6 cm³/mol. The number of nitrogens with zero attached hydrogens (tertiary/aromatic N) is 2. The van der Waals surface area contributed by atoms with Gasteiger partial charge in [0.15, 0.2) is 0 Å². The van der Waals surface area contributed by atoms with Crippen LogP contribution in [0.4, 0.5) is 0 Å². The van der Waals surface area contributed by atoms with E-state index in [2.05, 4.69) is 10.4 Å². The highest BCUT2D eigenvalue weighted by Crippen LogP contribution is 2.03. The van der Waals surface area contributed by atoms with Crippen LogP contribution in [0.2, 0.25) is 0 Å². The lowest BCUT2D eigenvalue weighted by Gasteiger charge is -2.01. The quantitative estimate of drug-likeness (QED) is 0.714. The molecule has 14 heavy (non-hydrogen) atoms. The van der Waals surface area contributed by atoms with Crippen molar-refractivity contribution in [2.45, 2.75) is 13.5 Å². The van der Waals surface area contributed by atoms with Crippen LogP contribution in [0.1, 0.15) is 11.3 Å². The molecule has 80 valence electrons. The van der Waals surface area contributed by atoms with E-state index in [0.717, 1.165) is 18.8 Å². The van der Waals surface area contributed by atoms with Crippen molar-refractivity contribution in [3.8, 4) is 0 Å². The van der Waals surface area contributed by atoms with Crippen molar-refractivity contribution < 1.29 is 4.21 Å². The molecule has 0 fully saturated rings. The second-order valence-electron chi connectivity index (χ2n) is 3.37. The van der Waals surface area contributed by atoms with Gasteiger partial charge in [-0.1, -0.05) is 0 Å². The lowest BCUT2D eigenvalue weighted by molar-refractivity contribution is 0.676. The minimum atomic E-state index is -0.707. The molecule has 1 aromatic rings. The number of hydrogen-bond donors (Lipinski definition) is 1. The SMILES string of the molecule is Cc1nn(C)cc1CNCCS(C)=O. The van der Waals surface area contributed by atoms with Gasteiger partial charge in [0, 0.05) is 54.7 Å². The van der Waals surface area contributed by atoms with Crippen LogP contribution in [0.15, 0.2) is 6.20 Å². The Hall–Kier alpha value is -0.680. The summed E-state index contributed by atoms with van der Waals surface area (Å²) < 4.78 is 12.6. The normalized spacial score (nSPS) is 13.1. The number of aryl methyl sites for hydroxylation is 2. The van der Waals surface area contributed by atoms with Crippen molar-refractivity contribution >= 4 is 10.8 Å². The van der Waals surface area contributed by atoms with Gasteiger partial charge in [0.2, 0.25) is 0 Å². The van der Waals surface area contributed by atoms with Gasteiger partial charge in [0.05, 0.1) is 5.69 Å². The first-order valence-electron chi connectivity index (χ1n) is 4.59. The molecule has 4 nitrogen and oxygen atoms in total. The van der Waals surface area contributed by atoms with Gasteiger partial charge in [-0.2, -0.15) is 5.10 Å². The molecule has 5 heteroatoms. The van der Waals surface area contributed by atoms with Crippen LogP contribution in [0.25, 0.3) is 0 Å². The highest BCUT2D eigenvalue weighted by atomic mass is 32.2. The minimum absolute atomic E-state index is 0.707. The Bertz CT molecular complexity index is 322. The fourth-order valence-corrected chi connectivity index (χ4v) is 1.69. The Kier molecular flexibility index (Phi) is 4.28. The standard InChI is InChI=1S/C9H17N3OS/c1-8-9(7-12(2)11-8)6-10-4-5-14(3)13/h7,10H,4-6H2,1-3H3. The Labute approximate surface area is 87.2 Å². The molecule has 1 heterocycles. The first-order valence-corrected chi connectivity index (χ1v) is 6.32.